The first-order valence-corrected chi connectivity index (χ1v) is 6.57. The second kappa shape index (κ2) is 5.78. The Morgan fingerprint density at radius 3 is 2.48 bits per heavy atom. The molecule has 0 radical (unpaired) electrons. The Balaban J connectivity index is 2.21. The van der Waals surface area contributed by atoms with Gasteiger partial charge in [0.05, 0.1) is 4.92 Å². The van der Waals surface area contributed by atoms with Gasteiger partial charge in [-0.2, -0.15) is 0 Å². The molecule has 1 aromatic carbocycles. The van der Waals surface area contributed by atoms with Crippen LogP contribution in [0.1, 0.15) is 22.4 Å². The molecule has 0 spiro atoms. The molecule has 6 heteroatoms. The van der Waals surface area contributed by atoms with Gasteiger partial charge >= 0.3 is 0 Å². The van der Waals surface area contributed by atoms with Gasteiger partial charge in [0.15, 0.2) is 0 Å². The maximum Gasteiger partial charge on any atom is 0.269 e. The second-order valence-electron chi connectivity index (χ2n) is 5.05. The first-order valence-electron chi connectivity index (χ1n) is 6.57. The summed E-state index contributed by atoms with van der Waals surface area (Å²) in [6.07, 6.45) is 0. The van der Waals surface area contributed by atoms with Crippen LogP contribution in [0.25, 0.3) is 0 Å². The Kier molecular flexibility index (Phi) is 4.07. The summed E-state index contributed by atoms with van der Waals surface area (Å²) in [6, 6.07) is 6.53. The number of non-ortho nitro benzene ring substituents is 1. The lowest BCUT2D eigenvalue weighted by molar-refractivity contribution is -0.384. The lowest BCUT2D eigenvalue weighted by Crippen LogP contribution is -2.18. The zero-order valence-corrected chi connectivity index (χ0v) is 12.2. The van der Waals surface area contributed by atoms with Crippen LogP contribution < -0.4 is 10.9 Å². The van der Waals surface area contributed by atoms with Gasteiger partial charge < -0.3 is 10.3 Å². The molecule has 6 nitrogen and oxygen atoms in total. The molecule has 0 aliphatic carbocycles. The Hall–Kier alpha value is -2.63. The molecule has 2 aromatic rings. The van der Waals surface area contributed by atoms with E-state index in [2.05, 4.69) is 10.3 Å². The number of benzene rings is 1. The average Bonchev–Trinajstić information content (AvgIpc) is 2.38. The number of nitro groups is 1. The molecule has 0 aliphatic heterocycles. The van der Waals surface area contributed by atoms with Crippen molar-refractivity contribution in [2.24, 2.45) is 0 Å². The maximum atomic E-state index is 11.9. The minimum atomic E-state index is -0.425. The van der Waals surface area contributed by atoms with E-state index >= 15 is 0 Å². The Labute approximate surface area is 122 Å². The van der Waals surface area contributed by atoms with Crippen LogP contribution in [0.2, 0.25) is 0 Å². The fraction of sp³-hybridized carbons (Fsp3) is 0.267. The molecule has 2 rings (SSSR count). The standard InChI is InChI=1S/C15H17N3O3/c1-9-6-11(3)17-15(19)13(9)8-16-14-5-4-12(18(20)21)7-10(14)2/h4-7,16H,8H2,1-3H3,(H,17,19). The van der Waals surface area contributed by atoms with Crippen LogP contribution in [0, 0.1) is 30.9 Å². The van der Waals surface area contributed by atoms with Crippen molar-refractivity contribution in [3.05, 3.63) is 67.1 Å². The quantitative estimate of drug-likeness (QED) is 0.668. The van der Waals surface area contributed by atoms with Crippen LogP contribution in [0.5, 0.6) is 0 Å². The van der Waals surface area contributed by atoms with Crippen molar-refractivity contribution in [1.82, 2.24) is 4.98 Å². The SMILES string of the molecule is Cc1cc(C)c(CNc2ccc([N+](=O)[O-])cc2C)c(=O)[nH]1. The largest absolute Gasteiger partial charge is 0.381 e. The summed E-state index contributed by atoms with van der Waals surface area (Å²) in [5, 5.41) is 13.9. The number of aryl methyl sites for hydroxylation is 3. The molecule has 0 unspecified atom stereocenters. The van der Waals surface area contributed by atoms with Gasteiger partial charge in [0.2, 0.25) is 0 Å². The van der Waals surface area contributed by atoms with Crippen molar-refractivity contribution in [1.29, 1.82) is 0 Å². The second-order valence-corrected chi connectivity index (χ2v) is 5.05. The van der Waals surface area contributed by atoms with Crippen LogP contribution in [0.15, 0.2) is 29.1 Å². The molecule has 0 amide bonds. The van der Waals surface area contributed by atoms with Gasteiger partial charge in [0.1, 0.15) is 0 Å². The van der Waals surface area contributed by atoms with Crippen molar-refractivity contribution in [2.75, 3.05) is 5.32 Å². The van der Waals surface area contributed by atoms with Gasteiger partial charge in [0.25, 0.3) is 11.2 Å². The molecule has 0 bridgehead atoms. The lowest BCUT2D eigenvalue weighted by atomic mass is 10.1. The Morgan fingerprint density at radius 1 is 1.19 bits per heavy atom. The van der Waals surface area contributed by atoms with Crippen LogP contribution in [0.4, 0.5) is 11.4 Å². The number of nitrogens with zero attached hydrogens (tertiary/aromatic N) is 1. The molecular formula is C15H17N3O3. The highest BCUT2D eigenvalue weighted by molar-refractivity contribution is 5.55. The van der Waals surface area contributed by atoms with Crippen LogP contribution in [-0.4, -0.2) is 9.91 Å². The molecule has 0 fully saturated rings. The van der Waals surface area contributed by atoms with E-state index in [1.165, 1.54) is 12.1 Å². The summed E-state index contributed by atoms with van der Waals surface area (Å²) in [7, 11) is 0. The van der Waals surface area contributed by atoms with Crippen molar-refractivity contribution in [3.63, 3.8) is 0 Å². The molecule has 2 N–H and O–H groups in total. The zero-order chi connectivity index (χ0) is 15.6. The fourth-order valence-electron chi connectivity index (χ4n) is 2.24. The number of anilines is 1. The van der Waals surface area contributed by atoms with Gasteiger partial charge in [0, 0.05) is 35.6 Å². The molecule has 1 heterocycles. The minimum absolute atomic E-state index is 0.0578. The molecule has 21 heavy (non-hydrogen) atoms. The molecule has 110 valence electrons. The number of aromatic amines is 1. The molecule has 1 aromatic heterocycles. The summed E-state index contributed by atoms with van der Waals surface area (Å²) in [5.41, 5.74) is 3.90. The van der Waals surface area contributed by atoms with Crippen molar-refractivity contribution in [2.45, 2.75) is 27.3 Å². The number of pyridine rings is 1. The summed E-state index contributed by atoms with van der Waals surface area (Å²) in [6.45, 7) is 5.90. The normalized spacial score (nSPS) is 10.4. The zero-order valence-electron chi connectivity index (χ0n) is 12.2. The Morgan fingerprint density at radius 2 is 1.90 bits per heavy atom. The van der Waals surface area contributed by atoms with E-state index in [1.54, 1.807) is 13.0 Å². The van der Waals surface area contributed by atoms with Crippen molar-refractivity contribution in [3.8, 4) is 0 Å². The molecule has 0 aliphatic rings. The number of aromatic nitrogens is 1. The number of H-pyrrole nitrogens is 1. The number of nitro benzene ring substituents is 1. The van der Waals surface area contributed by atoms with Crippen molar-refractivity contribution >= 4 is 11.4 Å². The summed E-state index contributed by atoms with van der Waals surface area (Å²) in [4.78, 5) is 25.0. The number of hydrogen-bond donors (Lipinski definition) is 2. The van der Waals surface area contributed by atoms with Gasteiger partial charge in [-0.3, -0.25) is 14.9 Å². The monoisotopic (exact) mass is 287 g/mol. The third kappa shape index (κ3) is 3.28. The van der Waals surface area contributed by atoms with E-state index < -0.39 is 4.92 Å². The van der Waals surface area contributed by atoms with Crippen LogP contribution >= 0.6 is 0 Å². The predicted octanol–water partition coefficient (Wildman–Crippen LogP) is 2.82. The molecular weight excluding hydrogens is 270 g/mol. The predicted molar refractivity (Wildman–Crippen MR) is 81.7 cm³/mol. The highest BCUT2D eigenvalue weighted by atomic mass is 16.6. The van der Waals surface area contributed by atoms with E-state index in [9.17, 15) is 14.9 Å². The summed E-state index contributed by atoms with van der Waals surface area (Å²) < 4.78 is 0. The van der Waals surface area contributed by atoms with Crippen LogP contribution in [-0.2, 0) is 6.54 Å². The Bertz CT molecular complexity index is 750. The van der Waals surface area contributed by atoms with E-state index in [0.29, 0.717) is 12.1 Å². The first kappa shape index (κ1) is 14.8. The van der Waals surface area contributed by atoms with Gasteiger partial charge in [-0.25, -0.2) is 0 Å². The summed E-state index contributed by atoms with van der Waals surface area (Å²) >= 11 is 0. The fourth-order valence-corrected chi connectivity index (χ4v) is 2.24. The highest BCUT2D eigenvalue weighted by Gasteiger charge is 2.09. The minimum Gasteiger partial charge on any atom is -0.381 e. The topological polar surface area (TPSA) is 88.0 Å². The number of hydrogen-bond acceptors (Lipinski definition) is 4. The average molecular weight is 287 g/mol. The lowest BCUT2D eigenvalue weighted by Gasteiger charge is -2.11. The van der Waals surface area contributed by atoms with E-state index in [0.717, 1.165) is 22.5 Å². The van der Waals surface area contributed by atoms with E-state index in [4.69, 9.17) is 0 Å². The van der Waals surface area contributed by atoms with Gasteiger partial charge in [-0.15, -0.1) is 0 Å². The maximum absolute atomic E-state index is 11.9. The molecule has 0 saturated heterocycles. The third-order valence-electron chi connectivity index (χ3n) is 3.37. The van der Waals surface area contributed by atoms with Crippen molar-refractivity contribution < 1.29 is 4.92 Å². The molecule has 0 atom stereocenters. The van der Waals surface area contributed by atoms with Gasteiger partial charge in [-0.1, -0.05) is 0 Å². The molecule has 0 saturated carbocycles. The number of rotatable bonds is 4. The van der Waals surface area contributed by atoms with Crippen LogP contribution in [0.3, 0.4) is 0 Å². The smallest absolute Gasteiger partial charge is 0.269 e. The first-order chi connectivity index (χ1) is 9.88. The summed E-state index contributed by atoms with van der Waals surface area (Å²) in [5.74, 6) is 0. The third-order valence-corrected chi connectivity index (χ3v) is 3.37. The number of nitrogens with one attached hydrogen (secondary N) is 2. The van der Waals surface area contributed by atoms with E-state index in [-0.39, 0.29) is 11.2 Å². The van der Waals surface area contributed by atoms with E-state index in [1.807, 2.05) is 19.9 Å². The van der Waals surface area contributed by atoms with Gasteiger partial charge in [-0.05, 0) is 44.0 Å². The highest BCUT2D eigenvalue weighted by Crippen LogP contribution is 2.21.